The van der Waals surface area contributed by atoms with E-state index < -0.39 is 69.3 Å². The van der Waals surface area contributed by atoms with E-state index in [9.17, 15) is 39.5 Å². The highest BCUT2D eigenvalue weighted by atomic mass is 19.3. The second-order valence-electron chi connectivity index (χ2n) is 9.71. The van der Waals surface area contributed by atoms with Gasteiger partial charge in [0.15, 0.2) is 17.5 Å². The number of hydrogen-bond acceptors (Lipinski definition) is 1. The molecule has 0 bridgehead atoms. The molecule has 10 heteroatoms. The van der Waals surface area contributed by atoms with Gasteiger partial charge in [-0.25, -0.2) is 30.7 Å². The van der Waals surface area contributed by atoms with Gasteiger partial charge in [-0.1, -0.05) is 50.2 Å². The number of halogens is 9. The molecule has 0 saturated carbocycles. The van der Waals surface area contributed by atoms with Gasteiger partial charge in [0.1, 0.15) is 34.6 Å². The molecule has 1 nitrogen and oxygen atoms in total. The van der Waals surface area contributed by atoms with Crippen molar-refractivity contribution in [2.24, 2.45) is 0 Å². The first-order chi connectivity index (χ1) is 20.4. The molecular weight excluding hydrogens is 583 g/mol. The molecule has 4 rings (SSSR count). The third-order valence-electron chi connectivity index (χ3n) is 6.49. The molecule has 0 N–H and O–H groups in total. The molecule has 0 spiro atoms. The summed E-state index contributed by atoms with van der Waals surface area (Å²) in [5.74, 6) is -8.08. The van der Waals surface area contributed by atoms with Gasteiger partial charge in [0.05, 0.1) is 5.56 Å². The minimum atomic E-state index is -4.85. The highest BCUT2D eigenvalue weighted by molar-refractivity contribution is 5.67. The van der Waals surface area contributed by atoms with E-state index >= 15 is 0 Å². The van der Waals surface area contributed by atoms with Crippen LogP contribution in [-0.4, -0.2) is 0 Å². The summed E-state index contributed by atoms with van der Waals surface area (Å²) in [6.07, 6.45) is 0.576. The third kappa shape index (κ3) is 7.53. The second kappa shape index (κ2) is 13.3. The number of ether oxygens (including phenoxy) is 1. The van der Waals surface area contributed by atoms with E-state index in [0.29, 0.717) is 5.56 Å². The van der Waals surface area contributed by atoms with Crippen LogP contribution in [0.5, 0.6) is 5.75 Å². The molecule has 43 heavy (non-hydrogen) atoms. The predicted octanol–water partition coefficient (Wildman–Crippen LogP) is 9.98. The van der Waals surface area contributed by atoms with Crippen LogP contribution >= 0.6 is 0 Å². The summed E-state index contributed by atoms with van der Waals surface area (Å²) >= 11 is 0. The number of unbranched alkanes of at least 4 members (excludes halogenated alkanes) is 3. The van der Waals surface area contributed by atoms with Crippen molar-refractivity contribution in [1.82, 2.24) is 0 Å². The summed E-state index contributed by atoms with van der Waals surface area (Å²) in [5, 5.41) is 0. The lowest BCUT2D eigenvalue weighted by Gasteiger charge is -2.20. The van der Waals surface area contributed by atoms with Crippen molar-refractivity contribution < 1.29 is 44.3 Å². The molecule has 0 unspecified atom stereocenters. The Balaban J connectivity index is 1.56. The molecule has 0 atom stereocenters. The van der Waals surface area contributed by atoms with Gasteiger partial charge in [-0.3, -0.25) is 0 Å². The van der Waals surface area contributed by atoms with Crippen LogP contribution in [0.15, 0.2) is 60.7 Å². The molecule has 0 saturated heterocycles. The lowest BCUT2D eigenvalue weighted by atomic mass is 9.99. The van der Waals surface area contributed by atoms with Gasteiger partial charge in [-0.2, -0.15) is 8.78 Å². The summed E-state index contributed by atoms with van der Waals surface area (Å²) in [6.45, 7) is 2.13. The summed E-state index contributed by atoms with van der Waals surface area (Å²) in [7, 11) is 0. The predicted molar refractivity (Wildman–Crippen MR) is 143 cm³/mol. The average Bonchev–Trinajstić information content (AvgIpc) is 2.92. The molecule has 224 valence electrons. The molecule has 0 fully saturated rings. The van der Waals surface area contributed by atoms with Crippen molar-refractivity contribution in [1.29, 1.82) is 0 Å². The largest absolute Gasteiger partial charge is 0.432 e. The minimum Gasteiger partial charge on any atom is -0.429 e. The Morgan fingerprint density at radius 2 is 1.19 bits per heavy atom. The Hall–Kier alpha value is -4.39. The van der Waals surface area contributed by atoms with E-state index in [1.807, 2.05) is 12.1 Å². The number of benzene rings is 4. The van der Waals surface area contributed by atoms with Crippen molar-refractivity contribution >= 4 is 0 Å². The zero-order valence-corrected chi connectivity index (χ0v) is 22.6. The third-order valence-corrected chi connectivity index (χ3v) is 6.49. The van der Waals surface area contributed by atoms with Crippen LogP contribution in [0.4, 0.5) is 39.5 Å². The highest BCUT2D eigenvalue weighted by Gasteiger charge is 2.42. The molecule has 0 aliphatic rings. The highest BCUT2D eigenvalue weighted by Crippen LogP contribution is 2.38. The molecule has 4 aromatic rings. The van der Waals surface area contributed by atoms with E-state index in [1.54, 1.807) is 12.1 Å². The van der Waals surface area contributed by atoms with E-state index in [2.05, 4.69) is 23.5 Å². The van der Waals surface area contributed by atoms with Crippen LogP contribution in [0.1, 0.15) is 54.9 Å². The SMILES string of the molecule is CCCCCCc1ccc(C#Cc2cc(F)c(-c3cc(F)c(C(F)(F)Oc4cc(F)c(F)c(F)c4)c(F)c3)c(F)c2)cc1. The minimum absolute atomic E-state index is 0.0519. The summed E-state index contributed by atoms with van der Waals surface area (Å²) < 4.78 is 132. The molecule has 0 aliphatic carbocycles. The van der Waals surface area contributed by atoms with E-state index in [0.717, 1.165) is 43.4 Å². The zero-order valence-electron chi connectivity index (χ0n) is 22.6. The number of aryl methyl sites for hydroxylation is 1. The van der Waals surface area contributed by atoms with Gasteiger partial charge < -0.3 is 4.74 Å². The molecule has 0 aromatic heterocycles. The van der Waals surface area contributed by atoms with Crippen LogP contribution in [-0.2, 0) is 12.5 Å². The van der Waals surface area contributed by atoms with Crippen LogP contribution in [0.25, 0.3) is 11.1 Å². The van der Waals surface area contributed by atoms with Gasteiger partial charge in [-0.05, 0) is 60.4 Å². The fourth-order valence-corrected chi connectivity index (χ4v) is 4.36. The quantitative estimate of drug-likeness (QED) is 0.0798. The molecule has 0 radical (unpaired) electrons. The molecule has 4 aromatic carbocycles. The Bertz CT molecular complexity index is 1620. The maximum absolute atomic E-state index is 14.9. The molecule has 0 heterocycles. The van der Waals surface area contributed by atoms with Crippen molar-refractivity contribution in [3.05, 3.63) is 124 Å². The van der Waals surface area contributed by atoms with E-state index in [1.165, 1.54) is 6.42 Å². The van der Waals surface area contributed by atoms with Gasteiger partial charge in [0, 0.05) is 23.3 Å². The normalized spacial score (nSPS) is 11.3. The first-order valence-corrected chi connectivity index (χ1v) is 13.2. The smallest absolute Gasteiger partial charge is 0.429 e. The fourth-order valence-electron chi connectivity index (χ4n) is 4.36. The van der Waals surface area contributed by atoms with Crippen molar-refractivity contribution in [3.63, 3.8) is 0 Å². The molecule has 0 aliphatic heterocycles. The summed E-state index contributed by atoms with van der Waals surface area (Å²) in [6, 6.07) is 9.63. The second-order valence-corrected chi connectivity index (χ2v) is 9.71. The number of alkyl halides is 2. The molecular formula is C33H23F9O. The van der Waals surface area contributed by atoms with Crippen LogP contribution in [0, 0.1) is 52.6 Å². The van der Waals surface area contributed by atoms with Gasteiger partial charge >= 0.3 is 6.11 Å². The Kier molecular flexibility index (Phi) is 9.74. The number of hydrogen-bond donors (Lipinski definition) is 0. The van der Waals surface area contributed by atoms with Crippen LogP contribution in [0.2, 0.25) is 0 Å². The topological polar surface area (TPSA) is 9.23 Å². The lowest BCUT2D eigenvalue weighted by molar-refractivity contribution is -0.189. The summed E-state index contributed by atoms with van der Waals surface area (Å²) in [4.78, 5) is 0. The van der Waals surface area contributed by atoms with Gasteiger partial charge in [-0.15, -0.1) is 0 Å². The van der Waals surface area contributed by atoms with Crippen LogP contribution in [0.3, 0.4) is 0 Å². The monoisotopic (exact) mass is 606 g/mol. The first kappa shape index (κ1) is 31.5. The number of rotatable bonds is 9. The fraction of sp³-hybridized carbons (Fsp3) is 0.212. The first-order valence-electron chi connectivity index (χ1n) is 13.2. The molecule has 0 amide bonds. The van der Waals surface area contributed by atoms with Crippen molar-refractivity contribution in [2.75, 3.05) is 0 Å². The lowest BCUT2D eigenvalue weighted by Crippen LogP contribution is -2.25. The van der Waals surface area contributed by atoms with E-state index in [4.69, 9.17) is 0 Å². The zero-order chi connectivity index (χ0) is 31.3. The Morgan fingerprint density at radius 1 is 0.628 bits per heavy atom. The van der Waals surface area contributed by atoms with Gasteiger partial charge in [0.25, 0.3) is 0 Å². The Morgan fingerprint density at radius 3 is 1.74 bits per heavy atom. The summed E-state index contributed by atoms with van der Waals surface area (Å²) in [5.41, 5.74) is -2.02. The standard InChI is InChI=1S/C33H23F9O/c1-2-3-4-5-6-19-7-9-20(10-8-19)11-12-21-13-24(34)30(25(35)14-21)22-15-26(36)31(27(37)16-22)33(41,42)43-23-17-28(38)32(40)29(39)18-23/h7-10,13-18H,2-6H2,1H3. The maximum atomic E-state index is 14.9. The Labute approximate surface area is 241 Å². The van der Waals surface area contributed by atoms with Crippen molar-refractivity contribution in [2.45, 2.75) is 45.1 Å². The van der Waals surface area contributed by atoms with Crippen LogP contribution < -0.4 is 4.74 Å². The van der Waals surface area contributed by atoms with Crippen molar-refractivity contribution in [3.8, 4) is 28.7 Å². The van der Waals surface area contributed by atoms with Gasteiger partial charge in [0.2, 0.25) is 0 Å². The average molecular weight is 607 g/mol. The maximum Gasteiger partial charge on any atom is 0.432 e. The van der Waals surface area contributed by atoms with E-state index in [-0.39, 0.29) is 29.8 Å².